The summed E-state index contributed by atoms with van der Waals surface area (Å²) in [4.78, 5) is 53.5. The zero-order valence-corrected chi connectivity index (χ0v) is 36.7. The van der Waals surface area contributed by atoms with Crippen LogP contribution in [-0.4, -0.2) is 106 Å². The van der Waals surface area contributed by atoms with E-state index in [1.165, 1.54) is 27.2 Å². The molecule has 5 N–H and O–H groups in total. The minimum Gasteiger partial charge on any atom is -0.507 e. The lowest BCUT2D eigenvalue weighted by molar-refractivity contribution is -0.160. The predicted molar refractivity (Wildman–Crippen MR) is 228 cm³/mol. The van der Waals surface area contributed by atoms with Crippen molar-refractivity contribution < 1.29 is 53.8 Å². The van der Waals surface area contributed by atoms with Crippen LogP contribution >= 0.6 is 0 Å². The highest BCUT2D eigenvalue weighted by Gasteiger charge is 2.50. The summed E-state index contributed by atoms with van der Waals surface area (Å²) in [5.74, 6) is -6.98. The van der Waals surface area contributed by atoms with Crippen molar-refractivity contribution in [3.63, 3.8) is 0 Å². The van der Waals surface area contributed by atoms with Crippen molar-refractivity contribution in [2.45, 2.75) is 111 Å². The molecule has 0 saturated carbocycles. The highest BCUT2D eigenvalue weighted by Crippen LogP contribution is 2.50. The van der Waals surface area contributed by atoms with Crippen LogP contribution in [0.3, 0.4) is 0 Å². The lowest BCUT2D eigenvalue weighted by Gasteiger charge is -2.38. The van der Waals surface area contributed by atoms with Gasteiger partial charge in [0.2, 0.25) is 0 Å². The first-order valence-corrected chi connectivity index (χ1v) is 20.9. The number of allylic oxidation sites excluding steroid dienone is 2. The summed E-state index contributed by atoms with van der Waals surface area (Å²) < 4.78 is 24.0. The van der Waals surface area contributed by atoms with E-state index in [1.807, 2.05) is 6.92 Å². The maximum atomic E-state index is 14.7. The maximum absolute atomic E-state index is 14.7. The molecule has 2 aromatic carbocycles. The molecule has 0 aliphatic carbocycles. The number of ketones is 1. The quantitative estimate of drug-likeness (QED) is 0.162. The topological polar surface area (TPSA) is 209 Å². The summed E-state index contributed by atoms with van der Waals surface area (Å²) in [6.45, 7) is 20.9. The van der Waals surface area contributed by atoms with Crippen molar-refractivity contribution >= 4 is 34.1 Å². The van der Waals surface area contributed by atoms with E-state index >= 15 is 0 Å². The van der Waals surface area contributed by atoms with E-state index in [1.54, 1.807) is 65.8 Å². The van der Waals surface area contributed by atoms with Gasteiger partial charge in [0.15, 0.2) is 11.4 Å². The van der Waals surface area contributed by atoms with E-state index in [2.05, 4.69) is 16.8 Å². The summed E-state index contributed by atoms with van der Waals surface area (Å²) in [5.41, 5.74) is 0.374. The number of phenolic OH excluding ortho intramolecular Hbond substituents is 2. The molecule has 330 valence electrons. The zero-order valence-electron chi connectivity index (χ0n) is 36.7. The maximum Gasteiger partial charge on any atom is 0.312 e. The Morgan fingerprint density at radius 3 is 2.25 bits per heavy atom. The summed E-state index contributed by atoms with van der Waals surface area (Å²) in [6, 6.07) is 0. The SMILES string of the molecule is C=C(C)CN1CCC2(CC1)N=c1c3c(O)c4c(O)c(C)c5c(c4c1=N2)C(=O)[C@@](C)(O/C=C/[C@H](OC)[C@@H](C)[C@@H](OC(C)=O)[C@H](C)[C@H](O)[C@H](C)[C@@H](O)[C@@H](C)/C=C/C=C(/C)C(=O)N3)O5. The van der Waals surface area contributed by atoms with E-state index in [0.717, 1.165) is 5.57 Å². The van der Waals surface area contributed by atoms with Gasteiger partial charge >= 0.3 is 11.8 Å². The van der Waals surface area contributed by atoms with Gasteiger partial charge in [0.05, 0.1) is 40.9 Å². The summed E-state index contributed by atoms with van der Waals surface area (Å²) in [5, 5.41) is 50.1. The van der Waals surface area contributed by atoms with Crippen LogP contribution in [0.1, 0.15) is 84.2 Å². The van der Waals surface area contributed by atoms with Crippen LogP contribution in [0.5, 0.6) is 17.2 Å². The second kappa shape index (κ2) is 17.3. The number of phenols is 2. The molecule has 61 heavy (non-hydrogen) atoms. The number of ether oxygens (including phenoxy) is 4. The number of carbonyl (C=O) groups is 3. The number of Topliss-reactive ketones (excluding diaryl/α,β-unsaturated/α-hetero) is 1. The molecule has 6 rings (SSSR count). The van der Waals surface area contributed by atoms with Crippen molar-refractivity contribution in [3.05, 3.63) is 70.1 Å². The molecule has 1 spiro atoms. The normalized spacial score (nSPS) is 32.5. The second-order valence-corrected chi connectivity index (χ2v) is 17.5. The Balaban J connectivity index is 1.54. The highest BCUT2D eigenvalue weighted by atomic mass is 16.7. The Morgan fingerprint density at radius 2 is 1.62 bits per heavy atom. The van der Waals surface area contributed by atoms with E-state index in [9.17, 15) is 34.8 Å². The first kappa shape index (κ1) is 45.4. The number of aliphatic hydroxyl groups is 2. The van der Waals surface area contributed by atoms with Gasteiger partial charge in [0, 0.05) is 93.6 Å². The fraction of sp³-hybridized carbons (Fsp3) is 0.543. The number of amides is 1. The smallest absolute Gasteiger partial charge is 0.312 e. The number of nitrogens with one attached hydrogen (secondary N) is 1. The predicted octanol–water partition coefficient (Wildman–Crippen LogP) is 4.67. The van der Waals surface area contributed by atoms with Gasteiger partial charge in [-0.3, -0.25) is 29.3 Å². The fourth-order valence-electron chi connectivity index (χ4n) is 9.04. The Hall–Kier alpha value is -5.09. The van der Waals surface area contributed by atoms with Crippen LogP contribution in [0.2, 0.25) is 0 Å². The molecule has 4 bridgehead atoms. The number of nitrogens with zero attached hydrogens (tertiary/aromatic N) is 3. The lowest BCUT2D eigenvalue weighted by Crippen LogP contribution is -2.46. The van der Waals surface area contributed by atoms with Gasteiger partial charge in [-0.25, -0.2) is 0 Å². The first-order chi connectivity index (χ1) is 28.6. The molecule has 4 heterocycles. The molecule has 1 saturated heterocycles. The number of anilines is 1. The van der Waals surface area contributed by atoms with Crippen molar-refractivity contribution in [1.29, 1.82) is 0 Å². The van der Waals surface area contributed by atoms with Crippen molar-refractivity contribution in [2.75, 3.05) is 32.1 Å². The Morgan fingerprint density at radius 1 is 0.967 bits per heavy atom. The summed E-state index contributed by atoms with van der Waals surface area (Å²) in [6.07, 6.45) is 4.91. The Kier molecular flexibility index (Phi) is 12.9. The number of rotatable bonds is 4. The zero-order chi connectivity index (χ0) is 44.9. The van der Waals surface area contributed by atoms with Crippen molar-refractivity contribution in [2.24, 2.45) is 33.7 Å². The monoisotopic (exact) mass is 844 g/mol. The molecule has 0 radical (unpaired) electrons. The van der Waals surface area contributed by atoms with Crippen LogP contribution in [0.4, 0.5) is 5.69 Å². The Bertz CT molecular complexity index is 2350. The number of benzene rings is 2. The van der Waals surface area contributed by atoms with Crippen LogP contribution in [-0.2, 0) is 23.8 Å². The highest BCUT2D eigenvalue weighted by molar-refractivity contribution is 6.19. The number of carbonyl (C=O) groups excluding carboxylic acids is 3. The number of piperidine rings is 1. The summed E-state index contributed by atoms with van der Waals surface area (Å²) in [7, 11) is 1.46. The molecule has 0 aromatic heterocycles. The van der Waals surface area contributed by atoms with Crippen LogP contribution in [0, 0.1) is 30.6 Å². The fourth-order valence-corrected chi connectivity index (χ4v) is 9.04. The number of fused-ring (bicyclic) bond motifs is 1. The largest absolute Gasteiger partial charge is 0.507 e. The van der Waals surface area contributed by atoms with Gasteiger partial charge in [-0.15, -0.1) is 0 Å². The summed E-state index contributed by atoms with van der Waals surface area (Å²) >= 11 is 0. The van der Waals surface area contributed by atoms with E-state index in [4.69, 9.17) is 28.9 Å². The molecule has 9 atom stereocenters. The molecule has 2 aromatic rings. The van der Waals surface area contributed by atoms with Gasteiger partial charge in [0.1, 0.15) is 28.6 Å². The lowest BCUT2D eigenvalue weighted by atomic mass is 9.78. The number of likely N-dealkylation sites (tertiary alicyclic amines) is 1. The number of hydrogen-bond donors (Lipinski definition) is 5. The van der Waals surface area contributed by atoms with Gasteiger partial charge < -0.3 is 44.7 Å². The molecule has 4 aliphatic rings. The second-order valence-electron chi connectivity index (χ2n) is 17.5. The van der Waals surface area contributed by atoms with Crippen LogP contribution in [0.15, 0.2) is 58.3 Å². The van der Waals surface area contributed by atoms with Gasteiger partial charge in [-0.05, 0) is 26.8 Å². The third-order valence-corrected chi connectivity index (χ3v) is 12.8. The third kappa shape index (κ3) is 8.45. The molecule has 1 amide bonds. The average Bonchev–Trinajstić information content (AvgIpc) is 3.71. The molecular weight excluding hydrogens is 785 g/mol. The van der Waals surface area contributed by atoms with Crippen molar-refractivity contribution in [1.82, 2.24) is 4.90 Å². The van der Waals surface area contributed by atoms with Gasteiger partial charge in [-0.2, -0.15) is 0 Å². The average molecular weight is 845 g/mol. The van der Waals surface area contributed by atoms with Gasteiger partial charge in [0.25, 0.3) is 11.7 Å². The molecule has 1 fully saturated rings. The number of methoxy groups -OCH3 is 1. The third-order valence-electron chi connectivity index (χ3n) is 12.8. The standard InChI is InChI=1S/C46H60N4O11/c1-22(2)21-50-18-16-46(17-19-50)48-34-31-32-39(54)28(8)42-33(31)43(56)45(10,61-42)59-20-15-30(58-11)25(5)41(60-29(9)51)27(7)38(53)26(6)37(52)23(3)13-12-14-24(4)44(57)47-36(40(32)55)35(34)49-46/h12-15,20,23,25-27,30,37-38,41,52-55H,1,16-19,21H2,2-11H3,(H,47,57)/b13-12+,20-15+,24-14-/t23-,25+,26+,27+,30-,37-,38+,41+,45-/m0/s1. The van der Waals surface area contributed by atoms with E-state index in [0.29, 0.717) is 32.5 Å². The minimum atomic E-state index is -1.97. The van der Waals surface area contributed by atoms with Crippen molar-refractivity contribution in [3.8, 4) is 17.2 Å². The molecule has 15 heteroatoms. The van der Waals surface area contributed by atoms with Gasteiger partial charge in [-0.1, -0.05) is 58.1 Å². The van der Waals surface area contributed by atoms with Crippen LogP contribution < -0.4 is 20.8 Å². The number of aromatic hydroxyl groups is 2. The molecule has 4 aliphatic heterocycles. The molecular formula is C46H60N4O11. The first-order valence-electron chi connectivity index (χ1n) is 20.9. The van der Waals surface area contributed by atoms with E-state index in [-0.39, 0.29) is 55.4 Å². The number of hydrogen-bond acceptors (Lipinski definition) is 14. The Labute approximate surface area is 356 Å². The van der Waals surface area contributed by atoms with Crippen LogP contribution in [0.25, 0.3) is 10.8 Å². The number of aliphatic hydroxyl groups excluding tert-OH is 2. The van der Waals surface area contributed by atoms with E-state index < -0.39 is 82.9 Å². The minimum absolute atomic E-state index is 0.0248. The molecule has 0 unspecified atom stereocenters. The molecule has 15 nitrogen and oxygen atoms in total. The number of esters is 1.